The molecule has 0 radical (unpaired) electrons. The Balaban J connectivity index is 1.67. The molecule has 1 nitrogen and oxygen atoms in total. The van der Waals surface area contributed by atoms with E-state index in [4.69, 9.17) is 0 Å². The summed E-state index contributed by atoms with van der Waals surface area (Å²) in [6, 6.07) is 12.6. The normalized spacial score (nSPS) is 17.7. The van der Waals surface area contributed by atoms with E-state index < -0.39 is 0 Å². The highest BCUT2D eigenvalue weighted by molar-refractivity contribution is 7.09. The molecule has 1 atom stereocenters. The standard InChI is InChI=1S/C16H16OS/c17-16(10-8-13-5-3-11-18-13)15-9-7-12-4-1-2-6-14(12)15/h1-6,11,15H,7-10H2. The number of rotatable bonds is 4. The SMILES string of the molecule is O=C(CCc1cccs1)C1CCc2ccccc21. The van der Waals surface area contributed by atoms with E-state index in [1.165, 1.54) is 16.0 Å². The van der Waals surface area contributed by atoms with Crippen molar-refractivity contribution in [1.29, 1.82) is 0 Å². The Morgan fingerprint density at radius 3 is 2.94 bits per heavy atom. The fraction of sp³-hybridized carbons (Fsp3) is 0.312. The molecule has 1 aromatic carbocycles. The van der Waals surface area contributed by atoms with E-state index in [0.717, 1.165) is 19.3 Å². The molecule has 0 amide bonds. The number of carbonyl (C=O) groups excluding carboxylic acids is 1. The van der Waals surface area contributed by atoms with Gasteiger partial charge in [0.2, 0.25) is 0 Å². The zero-order valence-corrected chi connectivity index (χ0v) is 11.1. The summed E-state index contributed by atoms with van der Waals surface area (Å²) in [5.74, 6) is 0.564. The molecule has 2 aromatic rings. The molecule has 3 rings (SSSR count). The molecule has 0 saturated carbocycles. The number of hydrogen-bond acceptors (Lipinski definition) is 2. The molecule has 0 fully saturated rings. The summed E-state index contributed by atoms with van der Waals surface area (Å²) in [5, 5.41) is 2.07. The third kappa shape index (κ3) is 2.25. The topological polar surface area (TPSA) is 17.1 Å². The van der Waals surface area contributed by atoms with Crippen LogP contribution in [0.2, 0.25) is 0 Å². The van der Waals surface area contributed by atoms with Gasteiger partial charge in [0.1, 0.15) is 5.78 Å². The molecule has 0 aliphatic heterocycles. The van der Waals surface area contributed by atoms with Gasteiger partial charge in [0.15, 0.2) is 0 Å². The van der Waals surface area contributed by atoms with E-state index >= 15 is 0 Å². The van der Waals surface area contributed by atoms with Gasteiger partial charge in [-0.15, -0.1) is 11.3 Å². The second kappa shape index (κ2) is 5.07. The first kappa shape index (κ1) is 11.7. The molecule has 0 bridgehead atoms. The summed E-state index contributed by atoms with van der Waals surface area (Å²) in [5.41, 5.74) is 2.64. The number of fused-ring (bicyclic) bond motifs is 1. The van der Waals surface area contributed by atoms with Crippen LogP contribution in [0.4, 0.5) is 0 Å². The third-order valence-electron chi connectivity index (χ3n) is 3.72. The highest BCUT2D eigenvalue weighted by Gasteiger charge is 2.27. The van der Waals surface area contributed by atoms with E-state index in [9.17, 15) is 4.79 Å². The van der Waals surface area contributed by atoms with E-state index in [1.54, 1.807) is 11.3 Å². The van der Waals surface area contributed by atoms with Gasteiger partial charge in [-0.1, -0.05) is 30.3 Å². The maximum atomic E-state index is 12.3. The highest BCUT2D eigenvalue weighted by atomic mass is 32.1. The number of carbonyl (C=O) groups is 1. The van der Waals surface area contributed by atoms with Crippen LogP contribution in [0.1, 0.15) is 34.8 Å². The van der Waals surface area contributed by atoms with Crippen LogP contribution in [0.5, 0.6) is 0 Å². The van der Waals surface area contributed by atoms with Crippen molar-refractivity contribution >= 4 is 17.1 Å². The Hall–Kier alpha value is -1.41. The summed E-state index contributed by atoms with van der Waals surface area (Å²) < 4.78 is 0. The monoisotopic (exact) mass is 256 g/mol. The molecule has 1 aliphatic rings. The van der Waals surface area contributed by atoms with Crippen LogP contribution in [0.15, 0.2) is 41.8 Å². The molecule has 0 spiro atoms. The minimum Gasteiger partial charge on any atom is -0.299 e. The number of hydrogen-bond donors (Lipinski definition) is 0. The Morgan fingerprint density at radius 2 is 2.11 bits per heavy atom. The second-order valence-electron chi connectivity index (χ2n) is 4.84. The summed E-state index contributed by atoms with van der Waals surface area (Å²) in [6.07, 6.45) is 3.64. The fourth-order valence-electron chi connectivity index (χ4n) is 2.77. The number of thiophene rings is 1. The molecule has 18 heavy (non-hydrogen) atoms. The zero-order chi connectivity index (χ0) is 12.4. The van der Waals surface area contributed by atoms with Gasteiger partial charge in [-0.05, 0) is 41.8 Å². The minimum atomic E-state index is 0.154. The van der Waals surface area contributed by atoms with Crippen molar-refractivity contribution in [2.75, 3.05) is 0 Å². The number of aryl methyl sites for hydroxylation is 2. The third-order valence-corrected chi connectivity index (χ3v) is 4.66. The Labute approximate surface area is 111 Å². The first-order valence-corrected chi connectivity index (χ1v) is 7.35. The molecule has 0 N–H and O–H groups in total. The van der Waals surface area contributed by atoms with E-state index in [-0.39, 0.29) is 5.92 Å². The first-order valence-electron chi connectivity index (χ1n) is 6.47. The molecular weight excluding hydrogens is 240 g/mol. The van der Waals surface area contributed by atoms with E-state index in [1.807, 2.05) is 6.07 Å². The predicted molar refractivity (Wildman–Crippen MR) is 75.2 cm³/mol. The maximum Gasteiger partial charge on any atom is 0.140 e. The first-order chi connectivity index (χ1) is 8.84. The lowest BCUT2D eigenvalue weighted by molar-refractivity contribution is -0.120. The van der Waals surface area contributed by atoms with Crippen LogP contribution < -0.4 is 0 Å². The molecule has 92 valence electrons. The van der Waals surface area contributed by atoms with Crippen molar-refractivity contribution in [3.8, 4) is 0 Å². The lowest BCUT2D eigenvalue weighted by Gasteiger charge is -2.09. The lowest BCUT2D eigenvalue weighted by Crippen LogP contribution is -2.10. The van der Waals surface area contributed by atoms with Gasteiger partial charge < -0.3 is 0 Å². The maximum absolute atomic E-state index is 12.3. The van der Waals surface area contributed by atoms with Crippen molar-refractivity contribution in [1.82, 2.24) is 0 Å². The average molecular weight is 256 g/mol. The smallest absolute Gasteiger partial charge is 0.140 e. The van der Waals surface area contributed by atoms with Crippen LogP contribution in [0.25, 0.3) is 0 Å². The van der Waals surface area contributed by atoms with Crippen molar-refractivity contribution < 1.29 is 4.79 Å². The van der Waals surface area contributed by atoms with Crippen molar-refractivity contribution in [3.05, 3.63) is 57.8 Å². The second-order valence-corrected chi connectivity index (χ2v) is 5.87. The van der Waals surface area contributed by atoms with Crippen molar-refractivity contribution in [2.24, 2.45) is 0 Å². The van der Waals surface area contributed by atoms with Gasteiger partial charge >= 0.3 is 0 Å². The fourth-order valence-corrected chi connectivity index (χ4v) is 3.48. The molecule has 0 saturated heterocycles. The minimum absolute atomic E-state index is 0.154. The Bertz CT molecular complexity index is 542. The molecule has 1 unspecified atom stereocenters. The van der Waals surface area contributed by atoms with Gasteiger partial charge in [0.05, 0.1) is 0 Å². The zero-order valence-electron chi connectivity index (χ0n) is 10.3. The number of benzene rings is 1. The Kier molecular flexibility index (Phi) is 3.28. The van der Waals surface area contributed by atoms with Crippen LogP contribution in [0, 0.1) is 0 Å². The van der Waals surface area contributed by atoms with Crippen molar-refractivity contribution in [2.45, 2.75) is 31.6 Å². The highest BCUT2D eigenvalue weighted by Crippen LogP contribution is 2.34. The van der Waals surface area contributed by atoms with Gasteiger partial charge in [-0.2, -0.15) is 0 Å². The average Bonchev–Trinajstić information content (AvgIpc) is 3.05. The van der Waals surface area contributed by atoms with Gasteiger partial charge in [0.25, 0.3) is 0 Å². The number of ketones is 1. The number of Topliss-reactive ketones (excluding diaryl/α,β-unsaturated/α-hetero) is 1. The van der Waals surface area contributed by atoms with E-state index in [2.05, 4.69) is 35.7 Å². The lowest BCUT2D eigenvalue weighted by atomic mass is 9.94. The Morgan fingerprint density at radius 1 is 1.22 bits per heavy atom. The summed E-state index contributed by atoms with van der Waals surface area (Å²) in [7, 11) is 0. The molecule has 1 aromatic heterocycles. The van der Waals surface area contributed by atoms with Gasteiger partial charge in [-0.3, -0.25) is 4.79 Å². The molecule has 1 heterocycles. The van der Waals surface area contributed by atoms with Crippen LogP contribution in [-0.2, 0) is 17.6 Å². The van der Waals surface area contributed by atoms with Crippen LogP contribution in [-0.4, -0.2) is 5.78 Å². The molecule has 1 aliphatic carbocycles. The van der Waals surface area contributed by atoms with Crippen LogP contribution in [0.3, 0.4) is 0 Å². The van der Waals surface area contributed by atoms with Gasteiger partial charge in [0, 0.05) is 17.2 Å². The quantitative estimate of drug-likeness (QED) is 0.808. The predicted octanol–water partition coefficient (Wildman–Crippen LogP) is 3.98. The molecule has 2 heteroatoms. The summed E-state index contributed by atoms with van der Waals surface area (Å²) in [6.45, 7) is 0. The van der Waals surface area contributed by atoms with Crippen LogP contribution >= 0.6 is 11.3 Å². The van der Waals surface area contributed by atoms with E-state index in [0.29, 0.717) is 12.2 Å². The largest absolute Gasteiger partial charge is 0.299 e. The summed E-state index contributed by atoms with van der Waals surface area (Å²) in [4.78, 5) is 13.6. The van der Waals surface area contributed by atoms with Gasteiger partial charge in [-0.25, -0.2) is 0 Å². The van der Waals surface area contributed by atoms with Crippen molar-refractivity contribution in [3.63, 3.8) is 0 Å². The summed E-state index contributed by atoms with van der Waals surface area (Å²) >= 11 is 1.74. The molecular formula is C16H16OS.